The van der Waals surface area contributed by atoms with Gasteiger partial charge in [0.2, 0.25) is 5.95 Å². The van der Waals surface area contributed by atoms with Gasteiger partial charge in [-0.25, -0.2) is 9.97 Å². The number of halogens is 3. The lowest BCUT2D eigenvalue weighted by Crippen LogP contribution is -2.34. The van der Waals surface area contributed by atoms with Gasteiger partial charge in [-0.1, -0.05) is 0 Å². The zero-order valence-corrected chi connectivity index (χ0v) is 12.1. The molecule has 1 aromatic heterocycles. The second-order valence-corrected chi connectivity index (χ2v) is 5.33. The fourth-order valence-corrected chi connectivity index (χ4v) is 2.32. The van der Waals surface area contributed by atoms with Crippen LogP contribution in [0, 0.1) is 0 Å². The predicted octanol–water partition coefficient (Wildman–Crippen LogP) is 2.98. The first-order chi connectivity index (χ1) is 9.94. The van der Waals surface area contributed by atoms with Crippen molar-refractivity contribution in [3.8, 4) is 0 Å². The smallest absolute Gasteiger partial charge is 0.376 e. The van der Waals surface area contributed by atoms with E-state index in [9.17, 15) is 13.2 Å². The van der Waals surface area contributed by atoms with Crippen molar-refractivity contribution in [2.24, 2.45) is 0 Å². The number of likely N-dealkylation sites (N-methyl/N-ethyl adjacent to an activating group) is 1. The third-order valence-electron chi connectivity index (χ3n) is 3.46. The minimum absolute atomic E-state index is 0.118. The summed E-state index contributed by atoms with van der Waals surface area (Å²) in [7, 11) is 1.83. The van der Waals surface area contributed by atoms with Crippen LogP contribution in [0.5, 0.6) is 0 Å². The van der Waals surface area contributed by atoms with Crippen molar-refractivity contribution in [1.29, 1.82) is 0 Å². The van der Waals surface area contributed by atoms with E-state index in [4.69, 9.17) is 4.74 Å². The van der Waals surface area contributed by atoms with Crippen LogP contribution in [0.25, 0.3) is 0 Å². The molecule has 1 atom stereocenters. The van der Waals surface area contributed by atoms with Crippen LogP contribution in [0.3, 0.4) is 0 Å². The molecule has 21 heavy (non-hydrogen) atoms. The quantitative estimate of drug-likeness (QED) is 0.838. The Hall–Kier alpha value is -1.37. The zero-order chi connectivity index (χ0) is 15.3. The standard InChI is InChI=1S/C14H20F3N3O/c1-20(10-12-4-2-3-9-21-12)13-18-8-6-11(19-13)5-7-14(15,16)17/h6,8,12H,2-5,7,9-10H2,1H3. The molecule has 0 amide bonds. The van der Waals surface area contributed by atoms with E-state index in [-0.39, 0.29) is 12.5 Å². The SMILES string of the molecule is CN(CC1CCCCO1)c1nccc(CCC(F)(F)F)n1. The number of hydrogen-bond acceptors (Lipinski definition) is 4. The second-order valence-electron chi connectivity index (χ2n) is 5.33. The molecule has 0 aliphatic carbocycles. The number of anilines is 1. The Morgan fingerprint density at radius 3 is 2.86 bits per heavy atom. The van der Waals surface area contributed by atoms with Crippen molar-refractivity contribution in [3.05, 3.63) is 18.0 Å². The molecule has 0 saturated carbocycles. The van der Waals surface area contributed by atoms with Crippen LogP contribution in [-0.4, -0.2) is 42.4 Å². The molecule has 0 spiro atoms. The zero-order valence-electron chi connectivity index (χ0n) is 12.1. The van der Waals surface area contributed by atoms with Gasteiger partial charge in [-0.2, -0.15) is 13.2 Å². The Labute approximate surface area is 122 Å². The normalized spacial score (nSPS) is 19.5. The number of rotatable bonds is 5. The molecular formula is C14H20F3N3O. The molecule has 2 rings (SSSR count). The molecule has 0 N–H and O–H groups in total. The predicted molar refractivity (Wildman–Crippen MR) is 73.3 cm³/mol. The highest BCUT2D eigenvalue weighted by atomic mass is 19.4. The molecule has 1 aliphatic rings. The van der Waals surface area contributed by atoms with Crippen molar-refractivity contribution >= 4 is 5.95 Å². The van der Waals surface area contributed by atoms with E-state index in [2.05, 4.69) is 9.97 Å². The van der Waals surface area contributed by atoms with Gasteiger partial charge in [0.05, 0.1) is 6.10 Å². The topological polar surface area (TPSA) is 38.2 Å². The lowest BCUT2D eigenvalue weighted by Gasteiger charge is -2.27. The molecule has 0 radical (unpaired) electrons. The van der Waals surface area contributed by atoms with E-state index in [0.29, 0.717) is 18.2 Å². The van der Waals surface area contributed by atoms with E-state index in [1.165, 1.54) is 12.3 Å². The molecule has 0 bridgehead atoms. The first-order valence-electron chi connectivity index (χ1n) is 7.15. The average molecular weight is 303 g/mol. The van der Waals surface area contributed by atoms with Crippen LogP contribution < -0.4 is 4.90 Å². The van der Waals surface area contributed by atoms with Crippen LogP contribution >= 0.6 is 0 Å². The molecule has 7 heteroatoms. The molecule has 1 aliphatic heterocycles. The Morgan fingerprint density at radius 1 is 1.38 bits per heavy atom. The van der Waals surface area contributed by atoms with Gasteiger partial charge in [0, 0.05) is 38.5 Å². The van der Waals surface area contributed by atoms with Crippen molar-refractivity contribution in [2.75, 3.05) is 25.1 Å². The van der Waals surface area contributed by atoms with Gasteiger partial charge in [0.1, 0.15) is 0 Å². The Bertz CT molecular complexity index is 447. The number of nitrogens with zero attached hydrogens (tertiary/aromatic N) is 3. The van der Waals surface area contributed by atoms with Gasteiger partial charge in [-0.05, 0) is 31.7 Å². The number of aromatic nitrogens is 2. The summed E-state index contributed by atoms with van der Waals surface area (Å²) in [5.74, 6) is 0.448. The Morgan fingerprint density at radius 2 is 2.19 bits per heavy atom. The monoisotopic (exact) mass is 303 g/mol. The average Bonchev–Trinajstić information content (AvgIpc) is 2.46. The van der Waals surface area contributed by atoms with Crippen LogP contribution in [0.2, 0.25) is 0 Å². The summed E-state index contributed by atoms with van der Waals surface area (Å²) in [4.78, 5) is 10.2. The lowest BCUT2D eigenvalue weighted by molar-refractivity contribution is -0.134. The molecule has 1 unspecified atom stereocenters. The molecular weight excluding hydrogens is 283 g/mol. The van der Waals surface area contributed by atoms with Crippen molar-refractivity contribution < 1.29 is 17.9 Å². The fraction of sp³-hybridized carbons (Fsp3) is 0.714. The third kappa shape index (κ3) is 5.49. The molecule has 2 heterocycles. The maximum Gasteiger partial charge on any atom is 0.389 e. The van der Waals surface area contributed by atoms with Crippen molar-refractivity contribution in [1.82, 2.24) is 9.97 Å². The van der Waals surface area contributed by atoms with Crippen LogP contribution in [-0.2, 0) is 11.2 Å². The molecule has 4 nitrogen and oxygen atoms in total. The van der Waals surface area contributed by atoms with Gasteiger partial charge in [-0.15, -0.1) is 0 Å². The summed E-state index contributed by atoms with van der Waals surface area (Å²) >= 11 is 0. The van der Waals surface area contributed by atoms with E-state index < -0.39 is 12.6 Å². The largest absolute Gasteiger partial charge is 0.389 e. The summed E-state index contributed by atoms with van der Waals surface area (Å²) in [5, 5.41) is 0. The van der Waals surface area contributed by atoms with E-state index in [1.807, 2.05) is 11.9 Å². The van der Waals surface area contributed by atoms with Crippen LogP contribution in [0.15, 0.2) is 12.3 Å². The molecule has 1 saturated heterocycles. The molecule has 1 aromatic rings. The number of hydrogen-bond donors (Lipinski definition) is 0. The maximum absolute atomic E-state index is 12.2. The fourth-order valence-electron chi connectivity index (χ4n) is 2.32. The highest BCUT2D eigenvalue weighted by Crippen LogP contribution is 2.22. The van der Waals surface area contributed by atoms with Gasteiger partial charge in [0.25, 0.3) is 0 Å². The molecule has 1 fully saturated rings. The summed E-state index contributed by atoms with van der Waals surface area (Å²) in [6.45, 7) is 1.42. The first-order valence-corrected chi connectivity index (χ1v) is 7.15. The summed E-state index contributed by atoms with van der Waals surface area (Å²) in [5.41, 5.74) is 0.411. The molecule has 118 valence electrons. The number of aryl methyl sites for hydroxylation is 1. The van der Waals surface area contributed by atoms with Gasteiger partial charge >= 0.3 is 6.18 Å². The minimum Gasteiger partial charge on any atom is -0.376 e. The van der Waals surface area contributed by atoms with Crippen molar-refractivity contribution in [3.63, 3.8) is 0 Å². The molecule has 0 aromatic carbocycles. The van der Waals surface area contributed by atoms with Crippen LogP contribution in [0.4, 0.5) is 19.1 Å². The Balaban J connectivity index is 1.92. The summed E-state index contributed by atoms with van der Waals surface area (Å²) in [6.07, 6.45) is -0.261. The van der Waals surface area contributed by atoms with E-state index >= 15 is 0 Å². The highest BCUT2D eigenvalue weighted by molar-refractivity contribution is 5.29. The van der Waals surface area contributed by atoms with Gasteiger partial charge in [-0.3, -0.25) is 0 Å². The van der Waals surface area contributed by atoms with Gasteiger partial charge < -0.3 is 9.64 Å². The van der Waals surface area contributed by atoms with E-state index in [0.717, 1.165) is 25.9 Å². The van der Waals surface area contributed by atoms with Crippen LogP contribution in [0.1, 0.15) is 31.4 Å². The van der Waals surface area contributed by atoms with Gasteiger partial charge in [0.15, 0.2) is 0 Å². The first kappa shape index (κ1) is 16.0. The number of ether oxygens (including phenoxy) is 1. The van der Waals surface area contributed by atoms with Crippen molar-refractivity contribution in [2.45, 2.75) is 44.4 Å². The highest BCUT2D eigenvalue weighted by Gasteiger charge is 2.27. The summed E-state index contributed by atoms with van der Waals surface area (Å²) in [6, 6.07) is 1.53. The minimum atomic E-state index is -4.16. The van der Waals surface area contributed by atoms with E-state index in [1.54, 1.807) is 0 Å². The number of alkyl halides is 3. The Kier molecular flexibility index (Phi) is 5.39. The maximum atomic E-state index is 12.2. The third-order valence-corrected chi connectivity index (χ3v) is 3.46. The second kappa shape index (κ2) is 7.06. The lowest BCUT2D eigenvalue weighted by atomic mass is 10.1. The summed E-state index contributed by atoms with van der Waals surface area (Å²) < 4.78 is 42.4.